The van der Waals surface area contributed by atoms with Crippen LogP contribution in [-0.4, -0.2) is 16.9 Å². The fraction of sp³-hybridized carbons (Fsp3) is 0.500. The third-order valence-corrected chi connectivity index (χ3v) is 2.42. The molecule has 0 spiro atoms. The van der Waals surface area contributed by atoms with Crippen LogP contribution in [0, 0.1) is 6.92 Å². The van der Waals surface area contributed by atoms with Gasteiger partial charge in [0.15, 0.2) is 5.84 Å². The lowest BCUT2D eigenvalue weighted by Gasteiger charge is -2.05. The van der Waals surface area contributed by atoms with Crippen molar-refractivity contribution in [3.63, 3.8) is 0 Å². The highest BCUT2D eigenvalue weighted by Gasteiger charge is 2.08. The maximum atomic E-state index is 5.38. The van der Waals surface area contributed by atoms with E-state index in [1.54, 1.807) is 5.51 Å². The molecule has 1 heterocycles. The van der Waals surface area contributed by atoms with Gasteiger partial charge in [-0.1, -0.05) is 0 Å². The van der Waals surface area contributed by atoms with Gasteiger partial charge in [-0.2, -0.15) is 0 Å². The number of aromatic nitrogens is 1. The Morgan fingerprint density at radius 2 is 2.38 bits per heavy atom. The average Bonchev–Trinajstić information content (AvgIpc) is 2.47. The average molecular weight is 198 g/mol. The Hall–Kier alpha value is -0.940. The van der Waals surface area contributed by atoms with Crippen LogP contribution >= 0.6 is 11.3 Å². The number of hydrazine groups is 1. The molecular formula is C8H14N4S. The first-order valence-corrected chi connectivity index (χ1v) is 4.98. The number of nitrogens with two attached hydrogens (primary N) is 1. The molecule has 3 N–H and O–H groups in total. The molecule has 0 amide bonds. The molecule has 4 nitrogen and oxygen atoms in total. The number of nitrogens with zero attached hydrogens (tertiary/aromatic N) is 2. The molecule has 0 fully saturated rings. The summed E-state index contributed by atoms with van der Waals surface area (Å²) in [5, 5.41) is 0. The van der Waals surface area contributed by atoms with Crippen LogP contribution in [0.1, 0.15) is 24.4 Å². The van der Waals surface area contributed by atoms with Crippen LogP contribution in [0.2, 0.25) is 0 Å². The minimum atomic E-state index is 0.229. The van der Waals surface area contributed by atoms with Gasteiger partial charge in [0.25, 0.3) is 0 Å². The van der Waals surface area contributed by atoms with Crippen LogP contribution in [0.3, 0.4) is 0 Å². The molecule has 72 valence electrons. The van der Waals surface area contributed by atoms with Gasteiger partial charge in [0.1, 0.15) is 0 Å². The van der Waals surface area contributed by atoms with Crippen LogP contribution in [0.25, 0.3) is 0 Å². The molecule has 0 aliphatic heterocycles. The number of thiazole rings is 1. The van der Waals surface area contributed by atoms with Gasteiger partial charge in [-0.15, -0.1) is 11.3 Å². The quantitative estimate of drug-likeness (QED) is 0.323. The number of rotatable bonds is 2. The molecule has 0 saturated carbocycles. The van der Waals surface area contributed by atoms with Crippen molar-refractivity contribution in [2.24, 2.45) is 10.8 Å². The summed E-state index contributed by atoms with van der Waals surface area (Å²) in [5.41, 5.74) is 5.35. The lowest BCUT2D eigenvalue weighted by Crippen LogP contribution is -2.31. The van der Waals surface area contributed by atoms with Crippen LogP contribution in [0.5, 0.6) is 0 Å². The summed E-state index contributed by atoms with van der Waals surface area (Å²) in [6.07, 6.45) is 0. The second kappa shape index (κ2) is 4.34. The Labute approximate surface area is 81.9 Å². The van der Waals surface area contributed by atoms with Crippen molar-refractivity contribution >= 4 is 17.2 Å². The van der Waals surface area contributed by atoms with Gasteiger partial charge >= 0.3 is 0 Å². The second-order valence-corrected chi connectivity index (χ2v) is 3.84. The van der Waals surface area contributed by atoms with Gasteiger partial charge in [-0.25, -0.2) is 10.8 Å². The first-order valence-electron chi connectivity index (χ1n) is 4.10. The molecule has 0 aromatic carbocycles. The third kappa shape index (κ3) is 2.50. The smallest absolute Gasteiger partial charge is 0.154 e. The summed E-state index contributed by atoms with van der Waals surface area (Å²) in [4.78, 5) is 9.49. The molecule has 1 aromatic heterocycles. The highest BCUT2D eigenvalue weighted by Crippen LogP contribution is 2.12. The van der Waals surface area contributed by atoms with E-state index in [4.69, 9.17) is 5.84 Å². The monoisotopic (exact) mass is 198 g/mol. The summed E-state index contributed by atoms with van der Waals surface area (Å²) >= 11 is 1.54. The molecule has 1 aromatic rings. The summed E-state index contributed by atoms with van der Waals surface area (Å²) in [7, 11) is 0. The Morgan fingerprint density at radius 3 is 2.77 bits per heavy atom. The van der Waals surface area contributed by atoms with E-state index in [-0.39, 0.29) is 6.04 Å². The van der Waals surface area contributed by atoms with E-state index in [1.807, 2.05) is 20.8 Å². The molecule has 0 unspecified atom stereocenters. The lowest BCUT2D eigenvalue weighted by atomic mass is 10.3. The number of amidine groups is 1. The van der Waals surface area contributed by atoms with Gasteiger partial charge in [0.05, 0.1) is 16.1 Å². The van der Waals surface area contributed by atoms with E-state index in [1.165, 1.54) is 11.3 Å². The van der Waals surface area contributed by atoms with Gasteiger partial charge < -0.3 is 5.43 Å². The molecule has 1 rings (SSSR count). The SMILES string of the molecule is Cc1ncsc1C(=NC(C)C)NN. The second-order valence-electron chi connectivity index (χ2n) is 2.98. The number of hydrogen-bond donors (Lipinski definition) is 2. The zero-order valence-corrected chi connectivity index (χ0v) is 8.85. The van der Waals surface area contributed by atoms with E-state index in [0.717, 1.165) is 16.4 Å². The Balaban J connectivity index is 2.97. The zero-order chi connectivity index (χ0) is 9.84. The summed E-state index contributed by atoms with van der Waals surface area (Å²) < 4.78 is 0. The molecule has 0 atom stereocenters. The van der Waals surface area contributed by atoms with Crippen LogP contribution in [0.15, 0.2) is 10.5 Å². The van der Waals surface area contributed by atoms with Gasteiger partial charge in [-0.05, 0) is 20.8 Å². The van der Waals surface area contributed by atoms with E-state index in [9.17, 15) is 0 Å². The fourth-order valence-electron chi connectivity index (χ4n) is 0.949. The Kier molecular flexibility index (Phi) is 3.39. The molecule has 0 aliphatic rings. The van der Waals surface area contributed by atoms with Crippen molar-refractivity contribution < 1.29 is 0 Å². The predicted molar refractivity (Wildman–Crippen MR) is 55.8 cm³/mol. The van der Waals surface area contributed by atoms with Gasteiger partial charge in [0, 0.05) is 6.04 Å². The minimum Gasteiger partial charge on any atom is -0.308 e. The standard InChI is InChI=1S/C8H14N4S/c1-5(2)11-8(12-9)7-6(3)10-4-13-7/h4-5H,9H2,1-3H3,(H,11,12). The van der Waals surface area contributed by atoms with E-state index in [2.05, 4.69) is 15.4 Å². The maximum Gasteiger partial charge on any atom is 0.154 e. The Morgan fingerprint density at radius 1 is 1.69 bits per heavy atom. The lowest BCUT2D eigenvalue weighted by molar-refractivity contribution is 0.821. The Bertz CT molecular complexity index is 303. The largest absolute Gasteiger partial charge is 0.308 e. The molecule has 5 heteroatoms. The van der Waals surface area contributed by atoms with Crippen molar-refractivity contribution in [3.8, 4) is 0 Å². The van der Waals surface area contributed by atoms with Crippen molar-refractivity contribution in [3.05, 3.63) is 16.1 Å². The first-order chi connectivity index (χ1) is 6.15. The molecule has 0 bridgehead atoms. The van der Waals surface area contributed by atoms with E-state index >= 15 is 0 Å². The van der Waals surface area contributed by atoms with Crippen LogP contribution in [0.4, 0.5) is 0 Å². The summed E-state index contributed by atoms with van der Waals surface area (Å²) in [6.45, 7) is 5.96. The van der Waals surface area contributed by atoms with Crippen molar-refractivity contribution in [2.75, 3.05) is 0 Å². The highest BCUT2D eigenvalue weighted by atomic mass is 32.1. The number of nitrogens with one attached hydrogen (secondary N) is 1. The van der Waals surface area contributed by atoms with Crippen molar-refractivity contribution in [2.45, 2.75) is 26.8 Å². The van der Waals surface area contributed by atoms with Crippen LogP contribution < -0.4 is 11.3 Å². The third-order valence-electron chi connectivity index (χ3n) is 1.48. The number of aryl methyl sites for hydroxylation is 1. The van der Waals surface area contributed by atoms with Gasteiger partial charge in [-0.3, -0.25) is 4.99 Å². The predicted octanol–water partition coefficient (Wildman–Crippen LogP) is 1.07. The molecular weight excluding hydrogens is 184 g/mol. The molecule has 13 heavy (non-hydrogen) atoms. The molecule has 0 saturated heterocycles. The summed E-state index contributed by atoms with van der Waals surface area (Å²) in [5.74, 6) is 6.10. The van der Waals surface area contributed by atoms with Crippen molar-refractivity contribution in [1.82, 2.24) is 10.4 Å². The fourth-order valence-corrected chi connectivity index (χ4v) is 1.71. The normalized spacial score (nSPS) is 12.2. The molecule has 0 radical (unpaired) electrons. The molecule has 0 aliphatic carbocycles. The van der Waals surface area contributed by atoms with Crippen molar-refractivity contribution in [1.29, 1.82) is 0 Å². The minimum absolute atomic E-state index is 0.229. The maximum absolute atomic E-state index is 5.38. The topological polar surface area (TPSA) is 63.3 Å². The van der Waals surface area contributed by atoms with E-state index in [0.29, 0.717) is 0 Å². The van der Waals surface area contributed by atoms with Gasteiger partial charge in [0.2, 0.25) is 0 Å². The number of aliphatic imine (C=N–C) groups is 1. The first kappa shape index (κ1) is 10.1. The summed E-state index contributed by atoms with van der Waals surface area (Å²) in [6, 6.07) is 0.229. The number of hydrogen-bond acceptors (Lipinski definition) is 4. The van der Waals surface area contributed by atoms with E-state index < -0.39 is 0 Å². The zero-order valence-electron chi connectivity index (χ0n) is 8.03. The highest BCUT2D eigenvalue weighted by molar-refractivity contribution is 7.12. The van der Waals surface area contributed by atoms with Crippen LogP contribution in [-0.2, 0) is 0 Å².